The summed E-state index contributed by atoms with van der Waals surface area (Å²) in [6.45, 7) is 7.67. The van der Waals surface area contributed by atoms with Crippen molar-refractivity contribution in [2.75, 3.05) is 45.2 Å². The van der Waals surface area contributed by atoms with Gasteiger partial charge in [0.25, 0.3) is 0 Å². The van der Waals surface area contributed by atoms with E-state index in [1.54, 1.807) is 0 Å². The lowest BCUT2D eigenvalue weighted by molar-refractivity contribution is 0.284. The molecule has 2 heterocycles. The van der Waals surface area contributed by atoms with Gasteiger partial charge < -0.3 is 15.1 Å². The van der Waals surface area contributed by atoms with Crippen molar-refractivity contribution in [3.8, 4) is 0 Å². The number of hydrogen-bond acceptors (Lipinski definition) is 4. The third kappa shape index (κ3) is 5.29. The van der Waals surface area contributed by atoms with Gasteiger partial charge in [0.1, 0.15) is 5.82 Å². The molecule has 0 amide bonds. The zero-order chi connectivity index (χ0) is 15.1. The maximum Gasteiger partial charge on any atom is 0.128 e. The summed E-state index contributed by atoms with van der Waals surface area (Å²) in [7, 11) is 4.33. The summed E-state index contributed by atoms with van der Waals surface area (Å²) in [6.07, 6.45) is 5.75. The van der Waals surface area contributed by atoms with Crippen LogP contribution in [0.5, 0.6) is 0 Å². The maximum atomic E-state index is 4.64. The number of anilines is 1. The van der Waals surface area contributed by atoms with Crippen molar-refractivity contribution in [2.24, 2.45) is 5.92 Å². The second-order valence-corrected chi connectivity index (χ2v) is 6.39. The monoisotopic (exact) mass is 290 g/mol. The fourth-order valence-corrected chi connectivity index (χ4v) is 2.98. The summed E-state index contributed by atoms with van der Waals surface area (Å²) in [4.78, 5) is 9.37. The van der Waals surface area contributed by atoms with Gasteiger partial charge in [-0.1, -0.05) is 13.0 Å². The van der Waals surface area contributed by atoms with Crippen LogP contribution in [0.4, 0.5) is 5.82 Å². The van der Waals surface area contributed by atoms with Gasteiger partial charge in [-0.15, -0.1) is 0 Å². The lowest BCUT2D eigenvalue weighted by atomic mass is 9.96. The lowest BCUT2D eigenvalue weighted by Gasteiger charge is -2.34. The van der Waals surface area contributed by atoms with Crippen LogP contribution in [0.1, 0.15) is 31.7 Å². The molecule has 4 nitrogen and oxygen atoms in total. The molecule has 21 heavy (non-hydrogen) atoms. The molecule has 1 saturated heterocycles. The molecule has 0 atom stereocenters. The Balaban J connectivity index is 1.80. The number of pyridine rings is 1. The number of aromatic nitrogens is 1. The molecule has 0 radical (unpaired) electrons. The van der Waals surface area contributed by atoms with Crippen LogP contribution in [-0.2, 0) is 6.54 Å². The van der Waals surface area contributed by atoms with E-state index >= 15 is 0 Å². The van der Waals surface area contributed by atoms with E-state index in [4.69, 9.17) is 0 Å². The summed E-state index contributed by atoms with van der Waals surface area (Å²) >= 11 is 0. The SMILES string of the molecule is CCCNCc1ccc(N2CCC(CN(C)C)CC2)nc1. The molecule has 0 bridgehead atoms. The highest BCUT2D eigenvalue weighted by Crippen LogP contribution is 2.22. The van der Waals surface area contributed by atoms with E-state index in [9.17, 15) is 0 Å². The van der Waals surface area contributed by atoms with Gasteiger partial charge in [0.2, 0.25) is 0 Å². The summed E-state index contributed by atoms with van der Waals surface area (Å²) in [5.74, 6) is 1.98. The Labute approximate surface area is 129 Å². The molecule has 2 rings (SSSR count). The van der Waals surface area contributed by atoms with E-state index in [0.29, 0.717) is 0 Å². The zero-order valence-electron chi connectivity index (χ0n) is 13.8. The van der Waals surface area contributed by atoms with Crippen LogP contribution in [0.15, 0.2) is 18.3 Å². The number of hydrogen-bond donors (Lipinski definition) is 1. The Morgan fingerprint density at radius 1 is 1.29 bits per heavy atom. The van der Waals surface area contributed by atoms with E-state index in [0.717, 1.165) is 37.9 Å². The van der Waals surface area contributed by atoms with Gasteiger partial charge in [0.05, 0.1) is 0 Å². The fourth-order valence-electron chi connectivity index (χ4n) is 2.98. The van der Waals surface area contributed by atoms with Crippen molar-refractivity contribution < 1.29 is 0 Å². The average Bonchev–Trinajstić information content (AvgIpc) is 2.49. The molecule has 4 heteroatoms. The van der Waals surface area contributed by atoms with Gasteiger partial charge in [-0.05, 0) is 57.5 Å². The van der Waals surface area contributed by atoms with Gasteiger partial charge >= 0.3 is 0 Å². The number of piperidine rings is 1. The van der Waals surface area contributed by atoms with Gasteiger partial charge in [-0.3, -0.25) is 0 Å². The number of nitrogens with zero attached hydrogens (tertiary/aromatic N) is 3. The molecular formula is C17H30N4. The predicted octanol–water partition coefficient (Wildman–Crippen LogP) is 2.36. The second-order valence-electron chi connectivity index (χ2n) is 6.39. The Hall–Kier alpha value is -1.13. The van der Waals surface area contributed by atoms with E-state index in [1.807, 2.05) is 6.20 Å². The molecule has 1 aliphatic heterocycles. The standard InChI is InChI=1S/C17H30N4/c1-4-9-18-12-16-5-6-17(19-13-16)21-10-7-15(8-11-21)14-20(2)3/h5-6,13,15,18H,4,7-12,14H2,1-3H3. The van der Waals surface area contributed by atoms with Crippen LogP contribution in [0, 0.1) is 5.92 Å². The molecule has 1 fully saturated rings. The molecule has 1 aliphatic rings. The Morgan fingerprint density at radius 2 is 2.05 bits per heavy atom. The fraction of sp³-hybridized carbons (Fsp3) is 0.706. The number of nitrogens with one attached hydrogen (secondary N) is 1. The summed E-state index contributed by atoms with van der Waals surface area (Å²) < 4.78 is 0. The van der Waals surface area contributed by atoms with Crippen molar-refractivity contribution in [3.05, 3.63) is 23.9 Å². The van der Waals surface area contributed by atoms with Crippen LogP contribution in [0.2, 0.25) is 0 Å². The molecule has 1 aromatic heterocycles. The molecule has 0 aromatic carbocycles. The second kappa shape index (κ2) is 8.35. The van der Waals surface area contributed by atoms with E-state index in [-0.39, 0.29) is 0 Å². The lowest BCUT2D eigenvalue weighted by Crippen LogP contribution is -2.37. The minimum absolute atomic E-state index is 0.841. The molecule has 0 unspecified atom stereocenters. The Kier molecular flexibility index (Phi) is 6.46. The van der Waals surface area contributed by atoms with Crippen molar-refractivity contribution in [3.63, 3.8) is 0 Å². The van der Waals surface area contributed by atoms with Crippen molar-refractivity contribution in [2.45, 2.75) is 32.7 Å². The van der Waals surface area contributed by atoms with Gasteiger partial charge in [-0.25, -0.2) is 4.98 Å². The molecule has 0 aliphatic carbocycles. The van der Waals surface area contributed by atoms with Crippen molar-refractivity contribution in [1.29, 1.82) is 0 Å². The van der Waals surface area contributed by atoms with Crippen LogP contribution >= 0.6 is 0 Å². The van der Waals surface area contributed by atoms with E-state index in [2.05, 4.69) is 53.3 Å². The van der Waals surface area contributed by atoms with Crippen LogP contribution < -0.4 is 10.2 Å². The van der Waals surface area contributed by atoms with Gasteiger partial charge in [-0.2, -0.15) is 0 Å². The Morgan fingerprint density at radius 3 is 2.62 bits per heavy atom. The van der Waals surface area contributed by atoms with E-state index < -0.39 is 0 Å². The van der Waals surface area contributed by atoms with Crippen molar-refractivity contribution in [1.82, 2.24) is 15.2 Å². The average molecular weight is 290 g/mol. The van der Waals surface area contributed by atoms with Crippen molar-refractivity contribution >= 4 is 5.82 Å². The summed E-state index contributed by atoms with van der Waals surface area (Å²) in [6, 6.07) is 4.38. The zero-order valence-corrected chi connectivity index (χ0v) is 13.8. The maximum absolute atomic E-state index is 4.64. The quantitative estimate of drug-likeness (QED) is 0.781. The minimum atomic E-state index is 0.841. The van der Waals surface area contributed by atoms with Gasteiger partial charge in [0, 0.05) is 32.4 Å². The first-order valence-corrected chi connectivity index (χ1v) is 8.24. The highest BCUT2D eigenvalue weighted by molar-refractivity contribution is 5.39. The highest BCUT2D eigenvalue weighted by atomic mass is 15.2. The molecule has 0 saturated carbocycles. The third-order valence-corrected chi connectivity index (χ3v) is 4.13. The largest absolute Gasteiger partial charge is 0.357 e. The van der Waals surface area contributed by atoms with Gasteiger partial charge in [0.15, 0.2) is 0 Å². The highest BCUT2D eigenvalue weighted by Gasteiger charge is 2.20. The molecule has 118 valence electrons. The minimum Gasteiger partial charge on any atom is -0.357 e. The first-order chi connectivity index (χ1) is 10.2. The van der Waals surface area contributed by atoms with Crippen LogP contribution in [-0.4, -0.2) is 50.2 Å². The smallest absolute Gasteiger partial charge is 0.128 e. The molecule has 1 aromatic rings. The first-order valence-electron chi connectivity index (χ1n) is 8.24. The summed E-state index contributed by atoms with van der Waals surface area (Å²) in [5, 5.41) is 3.42. The van der Waals surface area contributed by atoms with Crippen LogP contribution in [0.3, 0.4) is 0 Å². The van der Waals surface area contributed by atoms with Crippen LogP contribution in [0.25, 0.3) is 0 Å². The summed E-state index contributed by atoms with van der Waals surface area (Å²) in [5.41, 5.74) is 1.27. The Bertz CT molecular complexity index is 394. The number of rotatable bonds is 7. The predicted molar refractivity (Wildman–Crippen MR) is 89.7 cm³/mol. The normalized spacial score (nSPS) is 16.7. The third-order valence-electron chi connectivity index (χ3n) is 4.13. The molecule has 1 N–H and O–H groups in total. The molecular weight excluding hydrogens is 260 g/mol. The van der Waals surface area contributed by atoms with E-state index in [1.165, 1.54) is 31.4 Å². The topological polar surface area (TPSA) is 31.4 Å². The first kappa shape index (κ1) is 16.2. The molecule has 0 spiro atoms.